The Morgan fingerprint density at radius 2 is 1.85 bits per heavy atom. The van der Waals surface area contributed by atoms with Crippen LogP contribution in [0.15, 0.2) is 54.9 Å². The molecular weight excluding hydrogens is 348 g/mol. The van der Waals surface area contributed by atoms with Gasteiger partial charge in [0, 0.05) is 35.9 Å². The molecule has 0 atom stereocenters. The van der Waals surface area contributed by atoms with Crippen LogP contribution >= 0.6 is 0 Å². The number of nitrogens with zero attached hydrogens (tertiary/aromatic N) is 2. The minimum absolute atomic E-state index is 0.215. The maximum atomic E-state index is 12.3. The van der Waals surface area contributed by atoms with Crippen LogP contribution in [0.3, 0.4) is 0 Å². The van der Waals surface area contributed by atoms with Crippen LogP contribution in [0.2, 0.25) is 0 Å². The van der Waals surface area contributed by atoms with E-state index >= 15 is 0 Å². The summed E-state index contributed by atoms with van der Waals surface area (Å²) in [5.41, 5.74) is 1.73. The Kier molecular flexibility index (Phi) is 4.44. The molecule has 0 saturated heterocycles. The normalized spacial score (nSPS) is 11.7. The number of benzene rings is 2. The number of carbonyl (C=O) groups excluding carboxylic acids is 1. The minimum Gasteiger partial charge on any atom is -0.497 e. The molecule has 2 aromatic carbocycles. The zero-order chi connectivity index (χ0) is 18.6. The third-order valence-corrected chi connectivity index (χ3v) is 3.87. The summed E-state index contributed by atoms with van der Waals surface area (Å²) in [6, 6.07) is 12.5. The molecule has 0 radical (unpaired) electrons. The predicted molar refractivity (Wildman–Crippen MR) is 98.8 cm³/mol. The molecule has 0 saturated carbocycles. The van der Waals surface area contributed by atoms with Gasteiger partial charge in [0.2, 0.25) is 12.7 Å². The number of hydrogen-bond donors (Lipinski definition) is 2. The van der Waals surface area contributed by atoms with Gasteiger partial charge in [-0.05, 0) is 24.3 Å². The van der Waals surface area contributed by atoms with E-state index in [1.54, 1.807) is 43.5 Å². The van der Waals surface area contributed by atoms with E-state index in [-0.39, 0.29) is 12.7 Å². The number of methoxy groups -OCH3 is 1. The van der Waals surface area contributed by atoms with E-state index < -0.39 is 0 Å². The molecule has 27 heavy (non-hydrogen) atoms. The first-order valence-electron chi connectivity index (χ1n) is 8.15. The summed E-state index contributed by atoms with van der Waals surface area (Å²) in [6.45, 7) is 0.215. The van der Waals surface area contributed by atoms with E-state index in [9.17, 15) is 4.79 Å². The van der Waals surface area contributed by atoms with Crippen molar-refractivity contribution in [3.8, 4) is 17.2 Å². The fraction of sp³-hybridized carbons (Fsp3) is 0.105. The molecular formula is C19H16N4O4. The van der Waals surface area contributed by atoms with E-state index in [1.807, 2.05) is 6.07 Å². The largest absolute Gasteiger partial charge is 0.497 e. The standard InChI is InChI=1S/C19H16N4O4/c1-25-15-4-2-3-13(7-15)22-18(24)12-9-20-19(21-10-12)23-14-5-6-16-17(8-14)27-11-26-16/h2-10H,11H2,1H3,(H,22,24)(H,20,21,23). The summed E-state index contributed by atoms with van der Waals surface area (Å²) in [5, 5.41) is 5.84. The molecule has 0 spiro atoms. The van der Waals surface area contributed by atoms with Crippen molar-refractivity contribution in [2.45, 2.75) is 0 Å². The van der Waals surface area contributed by atoms with E-state index in [0.29, 0.717) is 34.4 Å². The van der Waals surface area contributed by atoms with Gasteiger partial charge in [-0.25, -0.2) is 9.97 Å². The molecule has 136 valence electrons. The van der Waals surface area contributed by atoms with Crippen LogP contribution < -0.4 is 24.8 Å². The molecule has 8 nitrogen and oxygen atoms in total. The Bertz CT molecular complexity index is 976. The lowest BCUT2D eigenvalue weighted by atomic mass is 10.2. The molecule has 0 unspecified atom stereocenters. The van der Waals surface area contributed by atoms with Crippen LogP contribution in [0.5, 0.6) is 17.2 Å². The highest BCUT2D eigenvalue weighted by Gasteiger charge is 2.14. The van der Waals surface area contributed by atoms with Crippen molar-refractivity contribution in [3.05, 3.63) is 60.4 Å². The fourth-order valence-corrected chi connectivity index (χ4v) is 2.52. The van der Waals surface area contributed by atoms with Gasteiger partial charge in [-0.3, -0.25) is 4.79 Å². The van der Waals surface area contributed by atoms with Gasteiger partial charge in [-0.2, -0.15) is 0 Å². The van der Waals surface area contributed by atoms with E-state index in [2.05, 4.69) is 20.6 Å². The maximum absolute atomic E-state index is 12.3. The molecule has 1 aliphatic heterocycles. The van der Waals surface area contributed by atoms with Gasteiger partial charge in [0.25, 0.3) is 5.91 Å². The van der Waals surface area contributed by atoms with Crippen LogP contribution in [-0.4, -0.2) is 29.8 Å². The Morgan fingerprint density at radius 3 is 2.67 bits per heavy atom. The van der Waals surface area contributed by atoms with Gasteiger partial charge >= 0.3 is 0 Å². The van der Waals surface area contributed by atoms with Crippen molar-refractivity contribution in [3.63, 3.8) is 0 Å². The highest BCUT2D eigenvalue weighted by molar-refractivity contribution is 6.04. The lowest BCUT2D eigenvalue weighted by molar-refractivity contribution is 0.102. The second-order valence-corrected chi connectivity index (χ2v) is 5.67. The second-order valence-electron chi connectivity index (χ2n) is 5.67. The zero-order valence-electron chi connectivity index (χ0n) is 14.4. The average molecular weight is 364 g/mol. The molecule has 8 heteroatoms. The molecule has 1 amide bonds. The van der Waals surface area contributed by atoms with Crippen LogP contribution in [0.25, 0.3) is 0 Å². The summed E-state index contributed by atoms with van der Waals surface area (Å²) in [7, 11) is 1.57. The molecule has 3 aromatic rings. The van der Waals surface area contributed by atoms with Gasteiger partial charge in [0.1, 0.15) is 5.75 Å². The summed E-state index contributed by atoms with van der Waals surface area (Å²) < 4.78 is 15.8. The lowest BCUT2D eigenvalue weighted by Gasteiger charge is -2.08. The van der Waals surface area contributed by atoms with E-state index in [1.165, 1.54) is 12.4 Å². The summed E-state index contributed by atoms with van der Waals surface area (Å²) >= 11 is 0. The molecule has 0 fully saturated rings. The molecule has 0 aliphatic carbocycles. The maximum Gasteiger partial charge on any atom is 0.258 e. The Labute approximate surface area is 155 Å². The SMILES string of the molecule is COc1cccc(NC(=O)c2cnc(Nc3ccc4c(c3)OCO4)nc2)c1. The summed E-state index contributed by atoms with van der Waals surface area (Å²) in [6.07, 6.45) is 2.91. The number of aromatic nitrogens is 2. The zero-order valence-corrected chi connectivity index (χ0v) is 14.4. The van der Waals surface area contributed by atoms with Gasteiger partial charge in [0.05, 0.1) is 12.7 Å². The number of carbonyl (C=O) groups is 1. The quantitative estimate of drug-likeness (QED) is 0.718. The molecule has 2 heterocycles. The Morgan fingerprint density at radius 1 is 1.04 bits per heavy atom. The lowest BCUT2D eigenvalue weighted by Crippen LogP contribution is -2.13. The van der Waals surface area contributed by atoms with Crippen molar-refractivity contribution in [1.29, 1.82) is 0 Å². The smallest absolute Gasteiger partial charge is 0.258 e. The van der Waals surface area contributed by atoms with E-state index in [0.717, 1.165) is 5.69 Å². The minimum atomic E-state index is -0.308. The van der Waals surface area contributed by atoms with Crippen molar-refractivity contribution in [1.82, 2.24) is 9.97 Å². The van der Waals surface area contributed by atoms with Crippen LogP contribution in [0.4, 0.5) is 17.3 Å². The highest BCUT2D eigenvalue weighted by Crippen LogP contribution is 2.34. The molecule has 4 rings (SSSR count). The van der Waals surface area contributed by atoms with Gasteiger partial charge in [-0.15, -0.1) is 0 Å². The van der Waals surface area contributed by atoms with Crippen molar-refractivity contribution in [2.24, 2.45) is 0 Å². The Balaban J connectivity index is 1.43. The first-order chi connectivity index (χ1) is 13.2. The summed E-state index contributed by atoms with van der Waals surface area (Å²) in [4.78, 5) is 20.7. The third kappa shape index (κ3) is 3.74. The Hall–Kier alpha value is -3.81. The number of amides is 1. The average Bonchev–Trinajstić information content (AvgIpc) is 3.16. The molecule has 2 N–H and O–H groups in total. The number of nitrogens with one attached hydrogen (secondary N) is 2. The number of anilines is 3. The van der Waals surface area contributed by atoms with Gasteiger partial charge in [0.15, 0.2) is 11.5 Å². The topological polar surface area (TPSA) is 94.6 Å². The first-order valence-corrected chi connectivity index (χ1v) is 8.15. The molecule has 1 aliphatic rings. The number of rotatable bonds is 5. The van der Waals surface area contributed by atoms with Crippen LogP contribution in [0, 0.1) is 0 Å². The van der Waals surface area contributed by atoms with Crippen molar-refractivity contribution >= 4 is 23.2 Å². The summed E-state index contributed by atoms with van der Waals surface area (Å²) in [5.74, 6) is 2.08. The highest BCUT2D eigenvalue weighted by atomic mass is 16.7. The third-order valence-electron chi connectivity index (χ3n) is 3.87. The number of ether oxygens (including phenoxy) is 3. The number of hydrogen-bond acceptors (Lipinski definition) is 7. The van der Waals surface area contributed by atoms with Crippen molar-refractivity contribution in [2.75, 3.05) is 24.5 Å². The molecule has 0 bridgehead atoms. The predicted octanol–water partition coefficient (Wildman–Crippen LogP) is 3.21. The van der Waals surface area contributed by atoms with Gasteiger partial charge < -0.3 is 24.8 Å². The van der Waals surface area contributed by atoms with Crippen molar-refractivity contribution < 1.29 is 19.0 Å². The van der Waals surface area contributed by atoms with Crippen LogP contribution in [0.1, 0.15) is 10.4 Å². The fourth-order valence-electron chi connectivity index (χ4n) is 2.52. The van der Waals surface area contributed by atoms with Gasteiger partial charge in [-0.1, -0.05) is 6.07 Å². The second kappa shape index (κ2) is 7.20. The number of fused-ring (bicyclic) bond motifs is 1. The monoisotopic (exact) mass is 364 g/mol. The first kappa shape index (κ1) is 16.6. The van der Waals surface area contributed by atoms with E-state index in [4.69, 9.17) is 14.2 Å². The molecule has 1 aromatic heterocycles. The van der Waals surface area contributed by atoms with Crippen LogP contribution in [-0.2, 0) is 0 Å².